The first kappa shape index (κ1) is 6.04. The maximum absolute atomic E-state index is 5.16. The van der Waals surface area contributed by atoms with E-state index in [2.05, 4.69) is 10.4 Å². The van der Waals surface area contributed by atoms with Gasteiger partial charge < -0.3 is 5.43 Å². The van der Waals surface area contributed by atoms with Gasteiger partial charge in [0.15, 0.2) is 0 Å². The van der Waals surface area contributed by atoms with Gasteiger partial charge in [0.05, 0.1) is 11.9 Å². The SMILES string of the molecule is Cc1ccncc1NN. The first-order valence-electron chi connectivity index (χ1n) is 2.72. The maximum atomic E-state index is 5.16. The van der Waals surface area contributed by atoms with Crippen LogP contribution in [0.15, 0.2) is 18.5 Å². The summed E-state index contributed by atoms with van der Waals surface area (Å²) >= 11 is 0. The molecule has 0 aliphatic heterocycles. The van der Waals surface area contributed by atoms with E-state index in [1.807, 2.05) is 13.0 Å². The molecule has 0 atom stereocenters. The predicted molar refractivity (Wildman–Crippen MR) is 36.8 cm³/mol. The summed E-state index contributed by atoms with van der Waals surface area (Å²) < 4.78 is 0. The molecule has 0 unspecified atom stereocenters. The van der Waals surface area contributed by atoms with Gasteiger partial charge in [-0.2, -0.15) is 0 Å². The molecule has 0 aliphatic carbocycles. The van der Waals surface area contributed by atoms with E-state index >= 15 is 0 Å². The van der Waals surface area contributed by atoms with E-state index in [1.54, 1.807) is 12.4 Å². The number of hydrazine groups is 1. The fraction of sp³-hybridized carbons (Fsp3) is 0.167. The van der Waals surface area contributed by atoms with Crippen LogP contribution in [0.5, 0.6) is 0 Å². The van der Waals surface area contributed by atoms with Crippen molar-refractivity contribution in [3.05, 3.63) is 24.0 Å². The average Bonchev–Trinajstić information content (AvgIpc) is 1.89. The summed E-state index contributed by atoms with van der Waals surface area (Å²) in [6.45, 7) is 1.97. The summed E-state index contributed by atoms with van der Waals surface area (Å²) in [5.41, 5.74) is 4.51. The summed E-state index contributed by atoms with van der Waals surface area (Å²) in [6, 6.07) is 1.90. The second-order valence-corrected chi connectivity index (χ2v) is 1.83. The Morgan fingerprint density at radius 3 is 2.89 bits per heavy atom. The van der Waals surface area contributed by atoms with Crippen LogP contribution in [0, 0.1) is 6.92 Å². The van der Waals surface area contributed by atoms with E-state index < -0.39 is 0 Å². The summed E-state index contributed by atoms with van der Waals surface area (Å²) in [6.07, 6.45) is 3.42. The van der Waals surface area contributed by atoms with Gasteiger partial charge in [0.25, 0.3) is 0 Å². The first-order chi connectivity index (χ1) is 4.34. The molecule has 0 saturated carbocycles. The number of anilines is 1. The molecular formula is C6H9N3. The van der Waals surface area contributed by atoms with Crippen LogP contribution in [-0.2, 0) is 0 Å². The molecular weight excluding hydrogens is 114 g/mol. The van der Waals surface area contributed by atoms with Gasteiger partial charge in [-0.1, -0.05) is 0 Å². The number of nitrogens with two attached hydrogens (primary N) is 1. The van der Waals surface area contributed by atoms with E-state index in [4.69, 9.17) is 5.84 Å². The number of hydrogen-bond acceptors (Lipinski definition) is 3. The zero-order valence-corrected chi connectivity index (χ0v) is 5.26. The van der Waals surface area contributed by atoms with Crippen molar-refractivity contribution >= 4 is 5.69 Å². The molecule has 0 bridgehead atoms. The molecule has 9 heavy (non-hydrogen) atoms. The highest BCUT2D eigenvalue weighted by atomic mass is 15.2. The van der Waals surface area contributed by atoms with Gasteiger partial charge in [0.1, 0.15) is 0 Å². The highest BCUT2D eigenvalue weighted by Crippen LogP contribution is 2.07. The number of pyridine rings is 1. The largest absolute Gasteiger partial charge is 0.322 e. The molecule has 1 rings (SSSR count). The third-order valence-electron chi connectivity index (χ3n) is 1.19. The Kier molecular flexibility index (Phi) is 1.65. The van der Waals surface area contributed by atoms with Gasteiger partial charge in [-0.05, 0) is 18.6 Å². The van der Waals surface area contributed by atoms with Crippen molar-refractivity contribution in [1.82, 2.24) is 4.98 Å². The highest BCUT2D eigenvalue weighted by Gasteiger charge is 1.90. The van der Waals surface area contributed by atoms with Gasteiger partial charge in [0, 0.05) is 6.20 Å². The Morgan fingerprint density at radius 2 is 2.44 bits per heavy atom. The smallest absolute Gasteiger partial charge is 0.0698 e. The van der Waals surface area contributed by atoms with Crippen molar-refractivity contribution in [2.24, 2.45) is 5.84 Å². The Hall–Kier alpha value is -1.09. The molecule has 0 aliphatic rings. The van der Waals surface area contributed by atoms with Crippen molar-refractivity contribution in [2.45, 2.75) is 6.92 Å². The lowest BCUT2D eigenvalue weighted by atomic mass is 10.3. The number of nitrogens with zero attached hydrogens (tertiary/aromatic N) is 1. The van der Waals surface area contributed by atoms with Crippen molar-refractivity contribution in [3.8, 4) is 0 Å². The van der Waals surface area contributed by atoms with Crippen molar-refractivity contribution in [3.63, 3.8) is 0 Å². The first-order valence-corrected chi connectivity index (χ1v) is 2.72. The minimum atomic E-state index is 0.873. The predicted octanol–water partition coefficient (Wildman–Crippen LogP) is 0.676. The van der Waals surface area contributed by atoms with Gasteiger partial charge >= 0.3 is 0 Å². The molecule has 3 N–H and O–H groups in total. The van der Waals surface area contributed by atoms with E-state index in [-0.39, 0.29) is 0 Å². The van der Waals surface area contributed by atoms with Crippen LogP contribution in [0.3, 0.4) is 0 Å². The molecule has 0 aromatic carbocycles. The summed E-state index contributed by atoms with van der Waals surface area (Å²) in [5, 5.41) is 0. The molecule has 3 heteroatoms. The minimum absolute atomic E-state index is 0.873. The summed E-state index contributed by atoms with van der Waals surface area (Å²) in [4.78, 5) is 3.87. The fourth-order valence-electron chi connectivity index (χ4n) is 0.615. The lowest BCUT2D eigenvalue weighted by Gasteiger charge is -2.00. The third kappa shape index (κ3) is 1.17. The van der Waals surface area contributed by atoms with Gasteiger partial charge in [-0.15, -0.1) is 0 Å². The number of aromatic nitrogens is 1. The number of rotatable bonds is 1. The lowest BCUT2D eigenvalue weighted by Crippen LogP contribution is -2.07. The topological polar surface area (TPSA) is 50.9 Å². The molecule has 1 aromatic rings. The molecule has 0 amide bonds. The Balaban J connectivity index is 3.01. The maximum Gasteiger partial charge on any atom is 0.0698 e. The van der Waals surface area contributed by atoms with Crippen molar-refractivity contribution < 1.29 is 0 Å². The molecule has 1 heterocycles. The Bertz CT molecular complexity index is 197. The van der Waals surface area contributed by atoms with Gasteiger partial charge in [-0.3, -0.25) is 10.8 Å². The van der Waals surface area contributed by atoms with Crippen LogP contribution in [0.1, 0.15) is 5.56 Å². The second kappa shape index (κ2) is 2.46. The van der Waals surface area contributed by atoms with Crippen LogP contribution in [0.25, 0.3) is 0 Å². The third-order valence-corrected chi connectivity index (χ3v) is 1.19. The van der Waals surface area contributed by atoms with Crippen LogP contribution >= 0.6 is 0 Å². The quantitative estimate of drug-likeness (QED) is 0.426. The Labute approximate surface area is 53.9 Å². The van der Waals surface area contributed by atoms with Crippen LogP contribution in [0.4, 0.5) is 5.69 Å². The van der Waals surface area contributed by atoms with Gasteiger partial charge in [0.2, 0.25) is 0 Å². The highest BCUT2D eigenvalue weighted by molar-refractivity contribution is 5.46. The Morgan fingerprint density at radius 1 is 1.67 bits per heavy atom. The zero-order valence-electron chi connectivity index (χ0n) is 5.26. The van der Waals surface area contributed by atoms with Crippen LogP contribution in [0.2, 0.25) is 0 Å². The van der Waals surface area contributed by atoms with Crippen molar-refractivity contribution in [1.29, 1.82) is 0 Å². The van der Waals surface area contributed by atoms with Gasteiger partial charge in [-0.25, -0.2) is 0 Å². The van der Waals surface area contributed by atoms with Crippen LogP contribution in [-0.4, -0.2) is 4.98 Å². The van der Waals surface area contributed by atoms with E-state index in [9.17, 15) is 0 Å². The standard InChI is InChI=1S/C6H9N3/c1-5-2-3-8-4-6(5)9-7/h2-4,9H,7H2,1H3. The number of nitrogen functional groups attached to an aromatic ring is 1. The molecule has 0 fully saturated rings. The second-order valence-electron chi connectivity index (χ2n) is 1.83. The molecule has 0 spiro atoms. The number of nitrogens with one attached hydrogen (secondary N) is 1. The van der Waals surface area contributed by atoms with E-state index in [0.29, 0.717) is 0 Å². The minimum Gasteiger partial charge on any atom is -0.322 e. The van der Waals surface area contributed by atoms with Crippen LogP contribution < -0.4 is 11.3 Å². The van der Waals surface area contributed by atoms with E-state index in [1.165, 1.54) is 0 Å². The average molecular weight is 123 g/mol. The normalized spacial score (nSPS) is 9.11. The van der Waals surface area contributed by atoms with Crippen molar-refractivity contribution in [2.75, 3.05) is 5.43 Å². The molecule has 0 radical (unpaired) electrons. The fourth-order valence-corrected chi connectivity index (χ4v) is 0.615. The molecule has 48 valence electrons. The molecule has 1 aromatic heterocycles. The molecule has 0 saturated heterocycles. The monoisotopic (exact) mass is 123 g/mol. The zero-order chi connectivity index (χ0) is 6.69. The van der Waals surface area contributed by atoms with E-state index in [0.717, 1.165) is 11.3 Å². The number of hydrogen-bond donors (Lipinski definition) is 2. The molecule has 3 nitrogen and oxygen atoms in total. The number of aryl methyl sites for hydroxylation is 1. The summed E-state index contributed by atoms with van der Waals surface area (Å²) in [5.74, 6) is 5.16. The lowest BCUT2D eigenvalue weighted by molar-refractivity contribution is 1.23. The summed E-state index contributed by atoms with van der Waals surface area (Å²) in [7, 11) is 0.